The quantitative estimate of drug-likeness (QED) is 0.777. The van der Waals surface area contributed by atoms with Gasteiger partial charge in [0.05, 0.1) is 11.4 Å². The molecule has 5 nitrogen and oxygen atoms in total. The lowest BCUT2D eigenvalue weighted by Crippen LogP contribution is -2.43. The van der Waals surface area contributed by atoms with Crippen LogP contribution < -0.4 is 4.90 Å². The van der Waals surface area contributed by atoms with E-state index in [0.717, 1.165) is 22.0 Å². The summed E-state index contributed by atoms with van der Waals surface area (Å²) in [6.07, 6.45) is 0.767. The van der Waals surface area contributed by atoms with Gasteiger partial charge in [0, 0.05) is 15.6 Å². The third kappa shape index (κ3) is 3.95. The van der Waals surface area contributed by atoms with Gasteiger partial charge in [-0.3, -0.25) is 19.5 Å². The van der Waals surface area contributed by atoms with Crippen LogP contribution in [0.5, 0.6) is 0 Å². The average molecular weight is 429 g/mol. The first kappa shape index (κ1) is 19.3. The zero-order valence-electron chi connectivity index (χ0n) is 15.2. The number of carbonyl (C=O) groups excluding carboxylic acids is 1. The third-order valence-electron chi connectivity index (χ3n) is 4.82. The summed E-state index contributed by atoms with van der Waals surface area (Å²) in [7, 11) is 0. The van der Waals surface area contributed by atoms with Crippen LogP contribution in [0.3, 0.4) is 0 Å². The highest BCUT2D eigenvalue weighted by molar-refractivity contribution is 9.10. The Hall–Kier alpha value is -2.47. The largest absolute Gasteiger partial charge is 0.480 e. The number of anilines is 1. The molecule has 1 heterocycles. The van der Waals surface area contributed by atoms with Gasteiger partial charge in [0.15, 0.2) is 0 Å². The molecule has 2 aromatic carbocycles. The standard InChI is InChI=1S/C21H21BrN2O3/c1-3-13(2)19-21(27)24(12-18(25)26)17-10-9-15(22)11-16(17)20(23-19)14-7-5-4-6-8-14/h4-11,13,19H,3,12H2,1-2H3,(H,25,26)/t13?,19-/m0/s1. The first-order valence-electron chi connectivity index (χ1n) is 8.88. The molecule has 1 unspecified atom stereocenters. The molecule has 1 N–H and O–H groups in total. The van der Waals surface area contributed by atoms with Crippen molar-refractivity contribution in [3.8, 4) is 0 Å². The fraction of sp³-hybridized carbons (Fsp3) is 0.286. The minimum Gasteiger partial charge on any atom is -0.480 e. The first-order chi connectivity index (χ1) is 12.9. The summed E-state index contributed by atoms with van der Waals surface area (Å²) in [6, 6.07) is 14.5. The predicted octanol–water partition coefficient (Wildman–Crippen LogP) is 4.13. The number of benzene rings is 2. The molecule has 2 aromatic rings. The molecule has 3 rings (SSSR count). The Bertz CT molecular complexity index is 896. The van der Waals surface area contributed by atoms with Crippen molar-refractivity contribution in [2.24, 2.45) is 10.9 Å². The maximum atomic E-state index is 13.2. The number of aliphatic carboxylic acids is 1. The van der Waals surface area contributed by atoms with Gasteiger partial charge in [-0.15, -0.1) is 0 Å². The lowest BCUT2D eigenvalue weighted by Gasteiger charge is -2.25. The van der Waals surface area contributed by atoms with E-state index >= 15 is 0 Å². The van der Waals surface area contributed by atoms with E-state index in [1.807, 2.05) is 56.3 Å². The number of fused-ring (bicyclic) bond motifs is 1. The maximum Gasteiger partial charge on any atom is 0.323 e. The number of amides is 1. The van der Waals surface area contributed by atoms with Crippen molar-refractivity contribution in [3.63, 3.8) is 0 Å². The number of benzodiazepines with no additional fused rings is 1. The Labute approximate surface area is 166 Å². The fourth-order valence-corrected chi connectivity index (χ4v) is 3.55. The van der Waals surface area contributed by atoms with Gasteiger partial charge in [0.2, 0.25) is 0 Å². The van der Waals surface area contributed by atoms with Crippen molar-refractivity contribution in [3.05, 3.63) is 64.1 Å². The van der Waals surface area contributed by atoms with Gasteiger partial charge in [-0.2, -0.15) is 0 Å². The number of halogens is 1. The Kier molecular flexibility index (Phi) is 5.75. The molecule has 1 amide bonds. The molecule has 0 aromatic heterocycles. The van der Waals surface area contributed by atoms with E-state index in [2.05, 4.69) is 15.9 Å². The normalized spacial score (nSPS) is 17.7. The second kappa shape index (κ2) is 8.05. The second-order valence-electron chi connectivity index (χ2n) is 6.65. The van der Waals surface area contributed by atoms with E-state index in [-0.39, 0.29) is 11.8 Å². The Balaban J connectivity index is 2.27. The highest BCUT2D eigenvalue weighted by Gasteiger charge is 2.35. The van der Waals surface area contributed by atoms with Crippen LogP contribution in [0.25, 0.3) is 0 Å². The maximum absolute atomic E-state index is 13.2. The van der Waals surface area contributed by atoms with Gasteiger partial charge < -0.3 is 5.11 Å². The lowest BCUT2D eigenvalue weighted by atomic mass is 9.98. The SMILES string of the molecule is CCC(C)[C@@H]1N=C(c2ccccc2)c2cc(Br)ccc2N(CC(=O)O)C1=O. The molecule has 0 saturated carbocycles. The molecule has 0 fully saturated rings. The summed E-state index contributed by atoms with van der Waals surface area (Å²) >= 11 is 3.48. The van der Waals surface area contributed by atoms with Gasteiger partial charge in [0.25, 0.3) is 5.91 Å². The van der Waals surface area contributed by atoms with Crippen molar-refractivity contribution >= 4 is 39.2 Å². The van der Waals surface area contributed by atoms with E-state index in [1.54, 1.807) is 6.07 Å². The van der Waals surface area contributed by atoms with E-state index in [4.69, 9.17) is 4.99 Å². The third-order valence-corrected chi connectivity index (χ3v) is 5.31. The molecule has 2 atom stereocenters. The number of hydrogen-bond donors (Lipinski definition) is 1. The Morgan fingerprint density at radius 1 is 1.26 bits per heavy atom. The van der Waals surface area contributed by atoms with E-state index in [1.165, 1.54) is 4.90 Å². The number of nitrogens with zero attached hydrogens (tertiary/aromatic N) is 2. The minimum atomic E-state index is -1.05. The molecule has 140 valence electrons. The van der Waals surface area contributed by atoms with Crippen molar-refractivity contribution in [1.29, 1.82) is 0 Å². The molecule has 6 heteroatoms. The number of aliphatic imine (C=N–C) groups is 1. The second-order valence-corrected chi connectivity index (χ2v) is 7.57. The highest BCUT2D eigenvalue weighted by atomic mass is 79.9. The van der Waals surface area contributed by atoms with E-state index in [9.17, 15) is 14.7 Å². The molecule has 27 heavy (non-hydrogen) atoms. The minimum absolute atomic E-state index is 0.00902. The van der Waals surface area contributed by atoms with E-state index in [0.29, 0.717) is 11.4 Å². The van der Waals surface area contributed by atoms with Crippen LogP contribution in [0.15, 0.2) is 58.0 Å². The van der Waals surface area contributed by atoms with Crippen molar-refractivity contribution in [1.82, 2.24) is 0 Å². The van der Waals surface area contributed by atoms with Gasteiger partial charge in [-0.1, -0.05) is 66.5 Å². The van der Waals surface area contributed by atoms with Crippen molar-refractivity contribution < 1.29 is 14.7 Å². The molecule has 0 spiro atoms. The first-order valence-corrected chi connectivity index (χ1v) is 9.68. The Morgan fingerprint density at radius 3 is 2.59 bits per heavy atom. The van der Waals surface area contributed by atoms with Crippen molar-refractivity contribution in [2.75, 3.05) is 11.4 Å². The van der Waals surface area contributed by atoms with E-state index < -0.39 is 18.6 Å². The Morgan fingerprint density at radius 2 is 1.96 bits per heavy atom. The summed E-state index contributed by atoms with van der Waals surface area (Å²) in [5, 5.41) is 9.38. The van der Waals surface area contributed by atoms with Gasteiger partial charge in [-0.05, 0) is 24.1 Å². The van der Waals surface area contributed by atoms with Gasteiger partial charge >= 0.3 is 5.97 Å². The molecule has 1 aliphatic heterocycles. The van der Waals surface area contributed by atoms with Crippen LogP contribution in [0.2, 0.25) is 0 Å². The monoisotopic (exact) mass is 428 g/mol. The molecule has 0 bridgehead atoms. The molecule has 0 saturated heterocycles. The smallest absolute Gasteiger partial charge is 0.323 e. The number of carbonyl (C=O) groups is 2. The van der Waals surface area contributed by atoms with Gasteiger partial charge in [-0.25, -0.2) is 0 Å². The lowest BCUT2D eigenvalue weighted by molar-refractivity contribution is -0.136. The average Bonchev–Trinajstić information content (AvgIpc) is 2.77. The molecule has 1 aliphatic rings. The molecular formula is C21H21BrN2O3. The zero-order chi connectivity index (χ0) is 19.6. The number of hydrogen-bond acceptors (Lipinski definition) is 3. The van der Waals surface area contributed by atoms with Crippen LogP contribution in [-0.4, -0.2) is 35.3 Å². The van der Waals surface area contributed by atoms with Gasteiger partial charge in [0.1, 0.15) is 12.6 Å². The summed E-state index contributed by atoms with van der Waals surface area (Å²) in [5.74, 6) is -1.34. The summed E-state index contributed by atoms with van der Waals surface area (Å²) < 4.78 is 0.842. The predicted molar refractivity (Wildman–Crippen MR) is 109 cm³/mol. The number of carboxylic acid groups (broad SMARTS) is 1. The highest BCUT2D eigenvalue weighted by Crippen LogP contribution is 2.32. The summed E-state index contributed by atoms with van der Waals surface area (Å²) in [4.78, 5) is 30.9. The van der Waals surface area contributed by atoms with Crippen LogP contribution in [0.4, 0.5) is 5.69 Å². The molecule has 0 radical (unpaired) electrons. The van der Waals surface area contributed by atoms with Crippen LogP contribution in [0.1, 0.15) is 31.4 Å². The van der Waals surface area contributed by atoms with Crippen LogP contribution >= 0.6 is 15.9 Å². The summed E-state index contributed by atoms with van der Waals surface area (Å²) in [5.41, 5.74) is 2.92. The van der Waals surface area contributed by atoms with Crippen molar-refractivity contribution in [2.45, 2.75) is 26.3 Å². The molecule has 0 aliphatic carbocycles. The number of carboxylic acids is 1. The topological polar surface area (TPSA) is 70.0 Å². The fourth-order valence-electron chi connectivity index (χ4n) is 3.19. The molecular weight excluding hydrogens is 408 g/mol. The summed E-state index contributed by atoms with van der Waals surface area (Å²) in [6.45, 7) is 3.59. The zero-order valence-corrected chi connectivity index (χ0v) is 16.8. The van der Waals surface area contributed by atoms with Crippen LogP contribution in [0, 0.1) is 5.92 Å². The van der Waals surface area contributed by atoms with Crippen LogP contribution in [-0.2, 0) is 9.59 Å². The number of rotatable bonds is 5.